The lowest BCUT2D eigenvalue weighted by atomic mass is 9.97. The fraction of sp³-hybridized carbons (Fsp3) is 0.381. The standard InChI is InChI=1S/C21H25N3O2/c25-21(17-5-3-11-24(14-17)15-18-6-4-12-26-18)22-10-9-16-13-23-20-8-2-1-7-19(16)20/h1-2,4,6-8,12-13,17,23H,3,5,9-11,14-15H2,(H,22,25)/t17-/m0/s1. The average molecular weight is 351 g/mol. The average Bonchev–Trinajstić information content (AvgIpc) is 3.32. The van der Waals surface area contributed by atoms with Crippen LogP contribution in [0.15, 0.2) is 53.3 Å². The maximum Gasteiger partial charge on any atom is 0.224 e. The van der Waals surface area contributed by atoms with Crippen LogP contribution in [0.2, 0.25) is 0 Å². The number of hydrogen-bond donors (Lipinski definition) is 2. The van der Waals surface area contributed by atoms with Gasteiger partial charge in [0.2, 0.25) is 5.91 Å². The predicted molar refractivity (Wildman–Crippen MR) is 102 cm³/mol. The summed E-state index contributed by atoms with van der Waals surface area (Å²) in [5.41, 5.74) is 2.40. The number of nitrogens with one attached hydrogen (secondary N) is 2. The van der Waals surface area contributed by atoms with E-state index in [1.807, 2.05) is 30.5 Å². The van der Waals surface area contributed by atoms with E-state index in [9.17, 15) is 4.79 Å². The fourth-order valence-electron chi connectivity index (χ4n) is 3.84. The van der Waals surface area contributed by atoms with Gasteiger partial charge >= 0.3 is 0 Å². The topological polar surface area (TPSA) is 61.3 Å². The molecule has 0 radical (unpaired) electrons. The molecule has 5 heteroatoms. The van der Waals surface area contributed by atoms with E-state index in [0.29, 0.717) is 6.54 Å². The number of furan rings is 1. The van der Waals surface area contributed by atoms with Crippen LogP contribution in [0.25, 0.3) is 10.9 Å². The van der Waals surface area contributed by atoms with Gasteiger partial charge in [0.1, 0.15) is 5.76 Å². The molecule has 0 bridgehead atoms. The number of nitrogens with zero attached hydrogens (tertiary/aromatic N) is 1. The summed E-state index contributed by atoms with van der Waals surface area (Å²) in [4.78, 5) is 18.2. The first-order valence-corrected chi connectivity index (χ1v) is 9.37. The van der Waals surface area contributed by atoms with Gasteiger partial charge in [-0.2, -0.15) is 0 Å². The number of H-pyrrole nitrogens is 1. The zero-order chi connectivity index (χ0) is 17.8. The van der Waals surface area contributed by atoms with E-state index in [1.165, 1.54) is 10.9 Å². The molecule has 1 fully saturated rings. The fourth-order valence-corrected chi connectivity index (χ4v) is 3.84. The van der Waals surface area contributed by atoms with Crippen molar-refractivity contribution in [2.24, 2.45) is 5.92 Å². The molecule has 0 saturated carbocycles. The zero-order valence-electron chi connectivity index (χ0n) is 14.9. The molecule has 1 saturated heterocycles. The van der Waals surface area contributed by atoms with Crippen molar-refractivity contribution in [2.45, 2.75) is 25.8 Å². The Morgan fingerprint density at radius 1 is 1.27 bits per heavy atom. The molecule has 3 aromatic rings. The zero-order valence-corrected chi connectivity index (χ0v) is 14.9. The van der Waals surface area contributed by atoms with E-state index in [2.05, 4.69) is 27.3 Å². The van der Waals surface area contributed by atoms with Crippen LogP contribution in [0, 0.1) is 5.92 Å². The number of aromatic nitrogens is 1. The molecule has 2 aromatic heterocycles. The Labute approximate surface area is 153 Å². The van der Waals surface area contributed by atoms with E-state index < -0.39 is 0 Å². The summed E-state index contributed by atoms with van der Waals surface area (Å²) in [6, 6.07) is 12.2. The number of likely N-dealkylation sites (tertiary alicyclic amines) is 1. The van der Waals surface area contributed by atoms with Gasteiger partial charge in [0.05, 0.1) is 18.7 Å². The van der Waals surface area contributed by atoms with Gasteiger partial charge in [-0.25, -0.2) is 0 Å². The minimum atomic E-state index is 0.0710. The monoisotopic (exact) mass is 351 g/mol. The Kier molecular flexibility index (Phi) is 5.07. The molecule has 3 heterocycles. The number of aromatic amines is 1. The molecule has 1 aliphatic rings. The Hall–Kier alpha value is -2.53. The summed E-state index contributed by atoms with van der Waals surface area (Å²) in [5, 5.41) is 4.37. The highest BCUT2D eigenvalue weighted by molar-refractivity contribution is 5.83. The quantitative estimate of drug-likeness (QED) is 0.716. The Morgan fingerprint density at radius 3 is 3.08 bits per heavy atom. The summed E-state index contributed by atoms with van der Waals surface area (Å²) >= 11 is 0. The highest BCUT2D eigenvalue weighted by Gasteiger charge is 2.25. The summed E-state index contributed by atoms with van der Waals surface area (Å²) in [6.45, 7) is 3.29. The van der Waals surface area contributed by atoms with Crippen molar-refractivity contribution in [3.8, 4) is 0 Å². The molecular formula is C21H25N3O2. The molecular weight excluding hydrogens is 326 g/mol. The van der Waals surface area contributed by atoms with Gasteiger partial charge in [0.25, 0.3) is 0 Å². The molecule has 5 nitrogen and oxygen atoms in total. The van der Waals surface area contributed by atoms with Gasteiger partial charge in [0.15, 0.2) is 0 Å². The number of rotatable bonds is 6. The molecule has 26 heavy (non-hydrogen) atoms. The van der Waals surface area contributed by atoms with Gasteiger partial charge in [-0.1, -0.05) is 18.2 Å². The second-order valence-electron chi connectivity index (χ2n) is 7.05. The summed E-state index contributed by atoms with van der Waals surface area (Å²) < 4.78 is 5.43. The molecule has 0 spiro atoms. The highest BCUT2D eigenvalue weighted by atomic mass is 16.3. The van der Waals surface area contributed by atoms with Crippen LogP contribution in [0.4, 0.5) is 0 Å². The van der Waals surface area contributed by atoms with Crippen LogP contribution in [0.5, 0.6) is 0 Å². The molecule has 1 aliphatic heterocycles. The third-order valence-electron chi connectivity index (χ3n) is 5.20. The second-order valence-corrected chi connectivity index (χ2v) is 7.05. The van der Waals surface area contributed by atoms with Crippen LogP contribution >= 0.6 is 0 Å². The smallest absolute Gasteiger partial charge is 0.224 e. The summed E-state index contributed by atoms with van der Waals surface area (Å²) in [7, 11) is 0. The number of amides is 1. The van der Waals surface area contributed by atoms with Crippen LogP contribution in [0.3, 0.4) is 0 Å². The summed E-state index contributed by atoms with van der Waals surface area (Å²) in [5.74, 6) is 1.21. The lowest BCUT2D eigenvalue weighted by Gasteiger charge is -2.31. The van der Waals surface area contributed by atoms with E-state index >= 15 is 0 Å². The number of carbonyl (C=O) groups excluding carboxylic acids is 1. The Morgan fingerprint density at radius 2 is 2.19 bits per heavy atom. The first kappa shape index (κ1) is 16.9. The van der Waals surface area contributed by atoms with Crippen molar-refractivity contribution >= 4 is 16.8 Å². The number of fused-ring (bicyclic) bond motifs is 1. The van der Waals surface area contributed by atoms with Crippen molar-refractivity contribution in [2.75, 3.05) is 19.6 Å². The highest BCUT2D eigenvalue weighted by Crippen LogP contribution is 2.20. The maximum atomic E-state index is 12.6. The first-order valence-electron chi connectivity index (χ1n) is 9.37. The van der Waals surface area contributed by atoms with E-state index in [-0.39, 0.29) is 11.8 Å². The Balaban J connectivity index is 1.27. The minimum absolute atomic E-state index is 0.0710. The van der Waals surface area contributed by atoms with Crippen molar-refractivity contribution in [3.05, 3.63) is 60.2 Å². The number of piperidine rings is 1. The van der Waals surface area contributed by atoms with Crippen LogP contribution in [0.1, 0.15) is 24.2 Å². The third kappa shape index (κ3) is 3.83. The van der Waals surface area contributed by atoms with Gasteiger partial charge in [-0.15, -0.1) is 0 Å². The first-order chi connectivity index (χ1) is 12.8. The summed E-state index contributed by atoms with van der Waals surface area (Å²) in [6.07, 6.45) is 6.62. The van der Waals surface area contributed by atoms with E-state index in [4.69, 9.17) is 4.42 Å². The molecule has 1 amide bonds. The normalized spacial score (nSPS) is 18.2. The van der Waals surface area contributed by atoms with E-state index in [0.717, 1.165) is 50.2 Å². The van der Waals surface area contributed by atoms with Gasteiger partial charge in [0, 0.05) is 30.2 Å². The van der Waals surface area contributed by atoms with Crippen LogP contribution in [-0.4, -0.2) is 35.4 Å². The number of para-hydroxylation sites is 1. The molecule has 0 unspecified atom stereocenters. The number of hydrogen-bond acceptors (Lipinski definition) is 3. The van der Waals surface area contributed by atoms with Gasteiger partial charge in [-0.05, 0) is 49.6 Å². The molecule has 2 N–H and O–H groups in total. The van der Waals surface area contributed by atoms with Gasteiger partial charge in [-0.3, -0.25) is 9.69 Å². The molecule has 0 aliphatic carbocycles. The van der Waals surface area contributed by atoms with Crippen molar-refractivity contribution in [1.82, 2.24) is 15.2 Å². The lowest BCUT2D eigenvalue weighted by molar-refractivity contribution is -0.126. The predicted octanol–water partition coefficient (Wildman–Crippen LogP) is 3.33. The van der Waals surface area contributed by atoms with Crippen LogP contribution in [-0.2, 0) is 17.8 Å². The SMILES string of the molecule is O=C(NCCc1c[nH]c2ccccc12)[C@H]1CCCN(Cc2ccco2)C1. The molecule has 4 rings (SSSR count). The number of benzene rings is 1. The molecule has 1 atom stereocenters. The largest absolute Gasteiger partial charge is 0.468 e. The lowest BCUT2D eigenvalue weighted by Crippen LogP contribution is -2.43. The van der Waals surface area contributed by atoms with Crippen LogP contribution < -0.4 is 5.32 Å². The maximum absolute atomic E-state index is 12.6. The number of carbonyl (C=O) groups is 1. The molecule has 1 aromatic carbocycles. The van der Waals surface area contributed by atoms with Crippen molar-refractivity contribution in [1.29, 1.82) is 0 Å². The third-order valence-corrected chi connectivity index (χ3v) is 5.20. The van der Waals surface area contributed by atoms with Crippen molar-refractivity contribution < 1.29 is 9.21 Å². The molecule has 136 valence electrons. The van der Waals surface area contributed by atoms with E-state index in [1.54, 1.807) is 6.26 Å². The minimum Gasteiger partial charge on any atom is -0.468 e. The Bertz CT molecular complexity index is 853. The second kappa shape index (κ2) is 7.79. The van der Waals surface area contributed by atoms with Crippen molar-refractivity contribution in [3.63, 3.8) is 0 Å². The van der Waals surface area contributed by atoms with Gasteiger partial charge < -0.3 is 14.7 Å².